The fourth-order valence-electron chi connectivity index (χ4n) is 1.39. The molecule has 6 heteroatoms. The Morgan fingerprint density at radius 1 is 1.17 bits per heavy atom. The minimum Gasteiger partial charge on any atom is -0.444 e. The van der Waals surface area contributed by atoms with E-state index in [2.05, 4.69) is 5.32 Å². The average Bonchev–Trinajstić information content (AvgIpc) is 2.08. The Bertz CT molecular complexity index is 282. The van der Waals surface area contributed by atoms with E-state index in [-0.39, 0.29) is 0 Å². The van der Waals surface area contributed by atoms with Crippen molar-refractivity contribution < 1.29 is 23.4 Å². The first-order valence-corrected chi connectivity index (χ1v) is 5.80. The minimum atomic E-state index is -2.93. The van der Waals surface area contributed by atoms with Gasteiger partial charge in [0.15, 0.2) is 0 Å². The van der Waals surface area contributed by atoms with Crippen molar-refractivity contribution >= 4 is 6.09 Å². The third kappa shape index (κ3) is 6.14. The minimum absolute atomic E-state index is 0.716. The fraction of sp³-hybridized carbons (Fsp3) is 0.917. The molecule has 0 aliphatic heterocycles. The van der Waals surface area contributed by atoms with Crippen molar-refractivity contribution in [3.63, 3.8) is 0 Å². The molecule has 0 aromatic heterocycles. The lowest BCUT2D eigenvalue weighted by Gasteiger charge is -2.35. The van der Waals surface area contributed by atoms with Crippen LogP contribution in [0, 0.1) is 5.41 Å². The molecule has 0 rings (SSSR count). The molecule has 108 valence electrons. The van der Waals surface area contributed by atoms with Gasteiger partial charge in [-0.3, -0.25) is 0 Å². The molecular weight excluding hydrogens is 244 g/mol. The van der Waals surface area contributed by atoms with Crippen LogP contribution in [0.5, 0.6) is 0 Å². The smallest absolute Gasteiger partial charge is 0.407 e. The quantitative estimate of drug-likeness (QED) is 0.826. The zero-order valence-electron chi connectivity index (χ0n) is 11.8. The van der Waals surface area contributed by atoms with E-state index in [1.807, 2.05) is 0 Å². The highest BCUT2D eigenvalue weighted by atomic mass is 19.3. The van der Waals surface area contributed by atoms with E-state index in [0.717, 1.165) is 0 Å². The number of rotatable bonds is 3. The highest BCUT2D eigenvalue weighted by molar-refractivity contribution is 5.68. The number of nitrogens with one attached hydrogen (secondary N) is 1. The summed E-state index contributed by atoms with van der Waals surface area (Å²) in [4.78, 5) is 11.6. The summed E-state index contributed by atoms with van der Waals surface area (Å²) in [6.07, 6.45) is -5.68. The number of carbonyl (C=O) groups is 1. The molecule has 0 fully saturated rings. The van der Waals surface area contributed by atoms with Crippen LogP contribution in [0.1, 0.15) is 41.5 Å². The molecule has 18 heavy (non-hydrogen) atoms. The van der Waals surface area contributed by atoms with E-state index in [1.54, 1.807) is 41.5 Å². The van der Waals surface area contributed by atoms with E-state index in [0.29, 0.717) is 0 Å². The summed E-state index contributed by atoms with van der Waals surface area (Å²) in [5.74, 6) is 0. The SMILES string of the molecule is CC(C)(C)OC(=O)NC(C(O)C(F)F)C(C)(C)C. The van der Waals surface area contributed by atoms with Gasteiger partial charge in [-0.25, -0.2) is 13.6 Å². The first-order chi connectivity index (χ1) is 7.84. The monoisotopic (exact) mass is 267 g/mol. The Balaban J connectivity index is 4.77. The second-order valence-corrected chi connectivity index (χ2v) is 6.31. The number of aliphatic hydroxyl groups is 1. The number of amides is 1. The van der Waals surface area contributed by atoms with E-state index in [4.69, 9.17) is 4.74 Å². The van der Waals surface area contributed by atoms with E-state index in [9.17, 15) is 18.7 Å². The number of hydrogen-bond donors (Lipinski definition) is 2. The lowest BCUT2D eigenvalue weighted by Crippen LogP contribution is -2.54. The van der Waals surface area contributed by atoms with Crippen molar-refractivity contribution in [2.75, 3.05) is 0 Å². The van der Waals surface area contributed by atoms with Crippen LogP contribution in [0.25, 0.3) is 0 Å². The van der Waals surface area contributed by atoms with Gasteiger partial charge in [-0.1, -0.05) is 20.8 Å². The molecular formula is C12H23F2NO3. The van der Waals surface area contributed by atoms with Gasteiger partial charge in [-0.2, -0.15) is 0 Å². The first kappa shape index (κ1) is 17.1. The molecule has 0 heterocycles. The van der Waals surface area contributed by atoms with Crippen molar-refractivity contribution in [1.82, 2.24) is 5.32 Å². The average molecular weight is 267 g/mol. The van der Waals surface area contributed by atoms with Crippen LogP contribution < -0.4 is 5.32 Å². The summed E-state index contributed by atoms with van der Waals surface area (Å²) in [6, 6.07) is -1.09. The van der Waals surface area contributed by atoms with Crippen molar-refractivity contribution in [1.29, 1.82) is 0 Å². The number of carbonyl (C=O) groups excluding carboxylic acids is 1. The molecule has 0 spiro atoms. The molecule has 2 N–H and O–H groups in total. The number of aliphatic hydroxyl groups excluding tert-OH is 1. The molecule has 0 aromatic rings. The third-order valence-electron chi connectivity index (χ3n) is 2.20. The third-order valence-corrected chi connectivity index (χ3v) is 2.20. The maximum absolute atomic E-state index is 12.6. The number of alkyl halides is 2. The predicted octanol–water partition coefficient (Wildman–Crippen LogP) is 2.55. The van der Waals surface area contributed by atoms with Crippen molar-refractivity contribution in [2.45, 2.75) is 65.7 Å². The first-order valence-electron chi connectivity index (χ1n) is 5.80. The molecule has 4 nitrogen and oxygen atoms in total. The van der Waals surface area contributed by atoms with Gasteiger partial charge in [0.05, 0.1) is 6.04 Å². The van der Waals surface area contributed by atoms with Crippen LogP contribution in [0.4, 0.5) is 13.6 Å². The lowest BCUT2D eigenvalue weighted by molar-refractivity contribution is -0.0507. The normalized spacial score (nSPS) is 16.3. The molecule has 0 bridgehead atoms. The van der Waals surface area contributed by atoms with E-state index >= 15 is 0 Å². The number of ether oxygens (including phenoxy) is 1. The van der Waals surface area contributed by atoms with Crippen LogP contribution in [-0.2, 0) is 4.74 Å². The summed E-state index contributed by atoms with van der Waals surface area (Å²) < 4.78 is 30.1. The van der Waals surface area contributed by atoms with Crippen LogP contribution in [-0.4, -0.2) is 35.4 Å². The molecule has 0 aromatic carbocycles. The van der Waals surface area contributed by atoms with Gasteiger partial charge in [0.25, 0.3) is 6.43 Å². The zero-order valence-corrected chi connectivity index (χ0v) is 11.8. The summed E-state index contributed by atoms with van der Waals surface area (Å²) in [5.41, 5.74) is -1.44. The molecule has 0 aliphatic carbocycles. The van der Waals surface area contributed by atoms with Gasteiger partial charge in [0.1, 0.15) is 11.7 Å². The Morgan fingerprint density at radius 3 is 1.89 bits per heavy atom. The zero-order chi connectivity index (χ0) is 14.7. The van der Waals surface area contributed by atoms with Crippen LogP contribution in [0.15, 0.2) is 0 Å². The number of alkyl carbamates (subject to hydrolysis) is 1. The lowest BCUT2D eigenvalue weighted by atomic mass is 9.83. The maximum atomic E-state index is 12.6. The highest BCUT2D eigenvalue weighted by Gasteiger charge is 2.38. The van der Waals surface area contributed by atoms with Crippen molar-refractivity contribution in [2.24, 2.45) is 5.41 Å². The Hall–Kier alpha value is -0.910. The Labute approximate surface area is 107 Å². The largest absolute Gasteiger partial charge is 0.444 e. The van der Waals surface area contributed by atoms with Gasteiger partial charge < -0.3 is 15.2 Å². The summed E-state index contributed by atoms with van der Waals surface area (Å²) in [7, 11) is 0. The van der Waals surface area contributed by atoms with Gasteiger partial charge >= 0.3 is 6.09 Å². The number of hydrogen-bond acceptors (Lipinski definition) is 3. The molecule has 0 saturated heterocycles. The Kier molecular flexibility index (Phi) is 5.53. The summed E-state index contributed by atoms with van der Waals surface area (Å²) >= 11 is 0. The van der Waals surface area contributed by atoms with Gasteiger partial charge in [0, 0.05) is 0 Å². The highest BCUT2D eigenvalue weighted by Crippen LogP contribution is 2.25. The van der Waals surface area contributed by atoms with E-state index in [1.165, 1.54) is 0 Å². The molecule has 1 amide bonds. The van der Waals surface area contributed by atoms with E-state index < -0.39 is 35.7 Å². The molecule has 2 atom stereocenters. The van der Waals surface area contributed by atoms with Crippen molar-refractivity contribution in [3.05, 3.63) is 0 Å². The van der Waals surface area contributed by atoms with Gasteiger partial charge in [-0.15, -0.1) is 0 Å². The summed E-state index contributed by atoms with van der Waals surface area (Å²) in [6.45, 7) is 9.97. The topological polar surface area (TPSA) is 58.6 Å². The number of halogens is 2. The van der Waals surface area contributed by atoms with Crippen LogP contribution >= 0.6 is 0 Å². The van der Waals surface area contributed by atoms with Crippen LogP contribution in [0.3, 0.4) is 0 Å². The second-order valence-electron chi connectivity index (χ2n) is 6.31. The second kappa shape index (κ2) is 5.82. The maximum Gasteiger partial charge on any atom is 0.407 e. The van der Waals surface area contributed by atoms with Crippen LogP contribution in [0.2, 0.25) is 0 Å². The molecule has 0 saturated carbocycles. The Morgan fingerprint density at radius 2 is 1.61 bits per heavy atom. The van der Waals surface area contributed by atoms with Gasteiger partial charge in [0.2, 0.25) is 0 Å². The van der Waals surface area contributed by atoms with Gasteiger partial charge in [-0.05, 0) is 26.2 Å². The molecule has 0 radical (unpaired) electrons. The predicted molar refractivity (Wildman–Crippen MR) is 64.6 cm³/mol. The fourth-order valence-corrected chi connectivity index (χ4v) is 1.39. The summed E-state index contributed by atoms with van der Waals surface area (Å²) in [5, 5.41) is 11.8. The molecule has 2 unspecified atom stereocenters. The molecule has 0 aliphatic rings. The van der Waals surface area contributed by atoms with Crippen molar-refractivity contribution in [3.8, 4) is 0 Å². The standard InChI is InChI=1S/C12H23F2NO3/c1-11(2,3)8(7(16)9(13)14)15-10(17)18-12(4,5)6/h7-9,16H,1-6H3,(H,15,17).